The third kappa shape index (κ3) is 22.7. The van der Waals surface area contributed by atoms with Crippen molar-refractivity contribution in [3.8, 4) is 0 Å². The first kappa shape index (κ1) is 28.4. The van der Waals surface area contributed by atoms with Gasteiger partial charge >= 0.3 is 0 Å². The second kappa shape index (κ2) is 25.5. The van der Waals surface area contributed by atoms with E-state index in [0.717, 1.165) is 6.42 Å². The summed E-state index contributed by atoms with van der Waals surface area (Å²) in [5.74, 6) is 1.04. The normalized spacial score (nSPS) is 12.5. The molecule has 0 aliphatic heterocycles. The highest BCUT2D eigenvalue weighted by molar-refractivity contribution is 6.18. The van der Waals surface area contributed by atoms with E-state index in [9.17, 15) is 0 Å². The van der Waals surface area contributed by atoms with E-state index < -0.39 is 0 Å². The Hall–Kier alpha value is 0.420. The quantitative estimate of drug-likeness (QED) is 0.131. The average Bonchev–Trinajstić information content (AvgIpc) is 2.71. The fourth-order valence-corrected chi connectivity index (χ4v) is 3.21. The number of ether oxygens (including phenoxy) is 4. The smallest absolute Gasteiger partial charge is 0.0809 e. The van der Waals surface area contributed by atoms with Gasteiger partial charge in [0.05, 0.1) is 52.4 Å². The van der Waals surface area contributed by atoms with Crippen LogP contribution < -0.4 is 0 Å². The topological polar surface area (TPSA) is 36.9 Å². The minimum Gasteiger partial charge on any atom is -0.378 e. The first-order valence-electron chi connectivity index (χ1n) is 11.3. The van der Waals surface area contributed by atoms with Gasteiger partial charge in [-0.2, -0.15) is 0 Å². The molecule has 0 saturated carbocycles. The number of unbranched alkanes of at least 4 members (excludes halogenated alkanes) is 9. The second-order valence-corrected chi connectivity index (χ2v) is 7.90. The van der Waals surface area contributed by atoms with Gasteiger partial charge in [0, 0.05) is 11.8 Å². The second-order valence-electron chi connectivity index (χ2n) is 7.14. The zero-order valence-electron chi connectivity index (χ0n) is 18.1. The van der Waals surface area contributed by atoms with E-state index >= 15 is 0 Å². The van der Waals surface area contributed by atoms with E-state index in [-0.39, 0.29) is 6.10 Å². The molecule has 0 radical (unpaired) electrons. The lowest BCUT2D eigenvalue weighted by Crippen LogP contribution is -2.23. The fourth-order valence-electron chi connectivity index (χ4n) is 2.99. The van der Waals surface area contributed by atoms with Gasteiger partial charge in [-0.15, -0.1) is 23.2 Å². The van der Waals surface area contributed by atoms with Crippen LogP contribution in [0.3, 0.4) is 0 Å². The maximum atomic E-state index is 5.94. The molecule has 0 amide bonds. The van der Waals surface area contributed by atoms with Gasteiger partial charge in [-0.05, 0) is 6.42 Å². The summed E-state index contributed by atoms with van der Waals surface area (Å²) in [5.41, 5.74) is 0. The molecule has 28 heavy (non-hydrogen) atoms. The van der Waals surface area contributed by atoms with Crippen molar-refractivity contribution >= 4 is 23.2 Å². The van der Waals surface area contributed by atoms with Crippen LogP contribution in [0.25, 0.3) is 0 Å². The Morgan fingerprint density at radius 3 is 1.64 bits per heavy atom. The SMILES string of the molecule is CCCCCCCCCCCCC(COCCOCCCl)OCCOCCCl. The van der Waals surface area contributed by atoms with Crippen LogP contribution in [-0.2, 0) is 18.9 Å². The van der Waals surface area contributed by atoms with E-state index in [4.69, 9.17) is 42.1 Å². The highest BCUT2D eigenvalue weighted by atomic mass is 35.5. The standard InChI is InChI=1S/C22H44Cl2O4/c1-2-3-4-5-6-7-8-9-10-11-12-22(28-20-19-26-16-14-24)21-27-18-17-25-15-13-23/h22H,2-21H2,1H3. The maximum Gasteiger partial charge on any atom is 0.0809 e. The molecule has 1 atom stereocenters. The number of alkyl halides is 2. The van der Waals surface area contributed by atoms with Crippen molar-refractivity contribution < 1.29 is 18.9 Å². The molecule has 0 aliphatic rings. The number of rotatable bonds is 24. The molecule has 0 fully saturated rings. The van der Waals surface area contributed by atoms with Crippen LogP contribution in [0, 0.1) is 0 Å². The summed E-state index contributed by atoms with van der Waals surface area (Å²) in [6.45, 7) is 6.35. The third-order valence-corrected chi connectivity index (χ3v) is 4.89. The summed E-state index contributed by atoms with van der Waals surface area (Å²) in [4.78, 5) is 0. The Balaban J connectivity index is 3.71. The van der Waals surface area contributed by atoms with Crippen LogP contribution in [0.4, 0.5) is 0 Å². The molecule has 0 rings (SSSR count). The largest absolute Gasteiger partial charge is 0.378 e. The molecule has 4 nitrogen and oxygen atoms in total. The predicted molar refractivity (Wildman–Crippen MR) is 120 cm³/mol. The van der Waals surface area contributed by atoms with Crippen molar-refractivity contribution in [1.82, 2.24) is 0 Å². The molecule has 0 aromatic rings. The molecule has 1 unspecified atom stereocenters. The van der Waals surface area contributed by atoms with Crippen LogP contribution in [0.2, 0.25) is 0 Å². The van der Waals surface area contributed by atoms with Gasteiger partial charge < -0.3 is 18.9 Å². The van der Waals surface area contributed by atoms with Gasteiger partial charge in [-0.1, -0.05) is 71.1 Å². The minimum atomic E-state index is 0.127. The van der Waals surface area contributed by atoms with Crippen LogP contribution in [0.1, 0.15) is 77.6 Å². The Labute approximate surface area is 183 Å². The van der Waals surface area contributed by atoms with Gasteiger partial charge in [-0.3, -0.25) is 0 Å². The molecular weight excluding hydrogens is 399 g/mol. The van der Waals surface area contributed by atoms with Gasteiger partial charge in [0.1, 0.15) is 0 Å². The van der Waals surface area contributed by atoms with Crippen molar-refractivity contribution in [1.29, 1.82) is 0 Å². The Morgan fingerprint density at radius 2 is 1.07 bits per heavy atom. The molecule has 0 N–H and O–H groups in total. The Kier molecular flexibility index (Phi) is 25.8. The van der Waals surface area contributed by atoms with E-state index in [1.807, 2.05) is 0 Å². The lowest BCUT2D eigenvalue weighted by Gasteiger charge is -2.18. The van der Waals surface area contributed by atoms with Gasteiger partial charge in [0.15, 0.2) is 0 Å². The average molecular weight is 443 g/mol. The summed E-state index contributed by atoms with van der Waals surface area (Å²) in [5, 5.41) is 0. The van der Waals surface area contributed by atoms with E-state index in [1.54, 1.807) is 0 Å². The van der Waals surface area contributed by atoms with Crippen molar-refractivity contribution in [2.75, 3.05) is 58.0 Å². The zero-order valence-corrected chi connectivity index (χ0v) is 19.6. The maximum absolute atomic E-state index is 5.94. The molecule has 6 heteroatoms. The highest BCUT2D eigenvalue weighted by Gasteiger charge is 2.09. The Morgan fingerprint density at radius 1 is 0.571 bits per heavy atom. The molecule has 0 aromatic carbocycles. The van der Waals surface area contributed by atoms with Crippen molar-refractivity contribution in [3.05, 3.63) is 0 Å². The molecule has 0 aromatic heterocycles. The summed E-state index contributed by atoms with van der Waals surface area (Å²) >= 11 is 11.2. The predicted octanol–water partition coefficient (Wildman–Crippen LogP) is 6.21. The summed E-state index contributed by atoms with van der Waals surface area (Å²) < 4.78 is 22.4. The van der Waals surface area contributed by atoms with Crippen LogP contribution in [-0.4, -0.2) is 64.1 Å². The van der Waals surface area contributed by atoms with Gasteiger partial charge in [-0.25, -0.2) is 0 Å². The van der Waals surface area contributed by atoms with Crippen molar-refractivity contribution in [3.63, 3.8) is 0 Å². The lowest BCUT2D eigenvalue weighted by molar-refractivity contribution is -0.0491. The highest BCUT2D eigenvalue weighted by Crippen LogP contribution is 2.13. The Bertz CT molecular complexity index is 283. The molecule has 0 bridgehead atoms. The lowest BCUT2D eigenvalue weighted by atomic mass is 10.0. The van der Waals surface area contributed by atoms with E-state index in [2.05, 4.69) is 6.92 Å². The fraction of sp³-hybridized carbons (Fsp3) is 1.00. The molecule has 0 heterocycles. The van der Waals surface area contributed by atoms with Crippen LogP contribution in [0.5, 0.6) is 0 Å². The zero-order chi connectivity index (χ0) is 20.5. The molecular formula is C22H44Cl2O4. The minimum absolute atomic E-state index is 0.127. The van der Waals surface area contributed by atoms with Crippen molar-refractivity contribution in [2.24, 2.45) is 0 Å². The molecule has 0 saturated heterocycles. The summed E-state index contributed by atoms with van der Waals surface area (Å²) in [6.07, 6.45) is 14.6. The molecule has 0 aliphatic carbocycles. The first-order chi connectivity index (χ1) is 13.8. The first-order valence-corrected chi connectivity index (χ1v) is 12.4. The van der Waals surface area contributed by atoms with Crippen LogP contribution >= 0.6 is 23.2 Å². The molecule has 0 spiro atoms. The number of halogens is 2. The summed E-state index contributed by atoms with van der Waals surface area (Å²) in [7, 11) is 0. The van der Waals surface area contributed by atoms with E-state index in [0.29, 0.717) is 58.0 Å². The van der Waals surface area contributed by atoms with Crippen LogP contribution in [0.15, 0.2) is 0 Å². The summed E-state index contributed by atoms with van der Waals surface area (Å²) in [6, 6.07) is 0. The van der Waals surface area contributed by atoms with Crippen molar-refractivity contribution in [2.45, 2.75) is 83.7 Å². The monoisotopic (exact) mass is 442 g/mol. The number of hydrogen-bond acceptors (Lipinski definition) is 4. The van der Waals surface area contributed by atoms with Gasteiger partial charge in [0.25, 0.3) is 0 Å². The third-order valence-electron chi connectivity index (χ3n) is 4.58. The van der Waals surface area contributed by atoms with E-state index in [1.165, 1.54) is 64.2 Å². The number of hydrogen-bond donors (Lipinski definition) is 0. The molecule has 170 valence electrons. The van der Waals surface area contributed by atoms with Gasteiger partial charge in [0.2, 0.25) is 0 Å².